The molecule has 1 aliphatic rings. The topological polar surface area (TPSA) is 35.9 Å². The first-order valence-corrected chi connectivity index (χ1v) is 17.9. The number of benzene rings is 8. The van der Waals surface area contributed by atoms with Crippen LogP contribution in [0.5, 0.6) is 0 Å². The van der Waals surface area contributed by atoms with Gasteiger partial charge in [0, 0.05) is 54.8 Å². The van der Waals surface area contributed by atoms with E-state index in [1.165, 1.54) is 87.5 Å². The fourth-order valence-corrected chi connectivity index (χ4v) is 8.82. The highest BCUT2D eigenvalue weighted by molar-refractivity contribution is 6.19. The van der Waals surface area contributed by atoms with Gasteiger partial charge in [-0.1, -0.05) is 109 Å². The number of nitrogens with two attached hydrogens (primary N) is 1. The molecular weight excluding hydrogens is 631 g/mol. The van der Waals surface area contributed by atoms with Crippen LogP contribution in [0.25, 0.3) is 98.9 Å². The highest BCUT2D eigenvalue weighted by Crippen LogP contribution is 2.45. The summed E-state index contributed by atoms with van der Waals surface area (Å²) in [5.74, 6) is 0. The minimum Gasteiger partial charge on any atom is -0.398 e. The van der Waals surface area contributed by atoms with E-state index in [1.807, 2.05) is 6.92 Å². The molecule has 0 saturated carbocycles. The zero-order chi connectivity index (χ0) is 34.5. The number of para-hydroxylation sites is 2. The van der Waals surface area contributed by atoms with Crippen LogP contribution < -0.4 is 5.73 Å². The lowest BCUT2D eigenvalue weighted by molar-refractivity contribution is 1.18. The summed E-state index contributed by atoms with van der Waals surface area (Å²) in [6.07, 6.45) is 4.20. The van der Waals surface area contributed by atoms with Gasteiger partial charge in [0.2, 0.25) is 0 Å². The molecule has 8 aromatic carbocycles. The number of hydrogen-bond donors (Lipinski definition) is 1. The van der Waals surface area contributed by atoms with Crippen molar-refractivity contribution < 1.29 is 0 Å². The zero-order valence-electron chi connectivity index (χ0n) is 28.6. The molecular formula is C49H33N3. The molecule has 2 heterocycles. The Kier molecular flexibility index (Phi) is 6.03. The van der Waals surface area contributed by atoms with Gasteiger partial charge in [0.25, 0.3) is 0 Å². The second-order valence-electron chi connectivity index (χ2n) is 13.9. The van der Waals surface area contributed by atoms with Crippen molar-refractivity contribution in [2.45, 2.75) is 6.92 Å². The third kappa shape index (κ3) is 3.96. The molecule has 10 aromatic rings. The van der Waals surface area contributed by atoms with E-state index < -0.39 is 0 Å². The van der Waals surface area contributed by atoms with Gasteiger partial charge in [0.1, 0.15) is 0 Å². The normalized spacial score (nSPS) is 13.0. The summed E-state index contributed by atoms with van der Waals surface area (Å²) in [5, 5.41) is 9.92. The molecule has 11 rings (SSSR count). The molecule has 2 N–H and O–H groups in total. The van der Waals surface area contributed by atoms with Gasteiger partial charge in [-0.2, -0.15) is 0 Å². The largest absolute Gasteiger partial charge is 0.398 e. The van der Waals surface area contributed by atoms with E-state index in [0.717, 1.165) is 22.5 Å². The van der Waals surface area contributed by atoms with Gasteiger partial charge in [-0.05, 0) is 95.1 Å². The van der Waals surface area contributed by atoms with Gasteiger partial charge < -0.3 is 14.9 Å². The lowest BCUT2D eigenvalue weighted by atomic mass is 9.99. The summed E-state index contributed by atoms with van der Waals surface area (Å²) < 4.78 is 4.84. The van der Waals surface area contributed by atoms with E-state index in [0.29, 0.717) is 0 Å². The minimum absolute atomic E-state index is 0.847. The van der Waals surface area contributed by atoms with E-state index in [2.05, 4.69) is 179 Å². The number of hydrogen-bond acceptors (Lipinski definition) is 1. The standard InChI is InChI=1S/C49H33N3/c1-2-11-37-36-17-10-18-38-44(25-22-39(48(36)38)49(37)50)52-43-19-9-8-16-35(43)40-27-32(21-24-46(40)52)33-20-23-45-41(28-33)42-26-30-12-6-7-13-31(30)29-47(42)51(45)34-14-4-3-5-15-34/h2-29H,50H2,1H3/b11-2-. The van der Waals surface area contributed by atoms with E-state index in [9.17, 15) is 0 Å². The molecule has 0 saturated heterocycles. The second-order valence-corrected chi connectivity index (χ2v) is 13.9. The fourth-order valence-electron chi connectivity index (χ4n) is 8.82. The Morgan fingerprint density at radius 3 is 1.88 bits per heavy atom. The lowest BCUT2D eigenvalue weighted by Gasteiger charge is -2.14. The maximum absolute atomic E-state index is 6.73. The SMILES string of the molecule is C/C=C\C1=C(N)c2ccc(-n3c4ccccc4c4cc(-c5ccc6c(c5)c5cc7ccccc7cc5n6-c5ccccc5)ccc43)c3cccc1c23. The van der Waals surface area contributed by atoms with E-state index in [1.54, 1.807) is 0 Å². The number of rotatable bonds is 4. The van der Waals surface area contributed by atoms with Crippen LogP contribution in [0.1, 0.15) is 18.1 Å². The van der Waals surface area contributed by atoms with Crippen LogP contribution in [0, 0.1) is 0 Å². The Morgan fingerprint density at radius 1 is 0.462 bits per heavy atom. The first kappa shape index (κ1) is 28.9. The lowest BCUT2D eigenvalue weighted by Crippen LogP contribution is -1.98. The molecule has 3 heteroatoms. The number of allylic oxidation sites excluding steroid dienone is 3. The maximum Gasteiger partial charge on any atom is 0.0547 e. The molecule has 0 radical (unpaired) electrons. The highest BCUT2D eigenvalue weighted by Gasteiger charge is 2.24. The van der Waals surface area contributed by atoms with Gasteiger partial charge in [-0.15, -0.1) is 0 Å². The molecule has 0 bridgehead atoms. The Morgan fingerprint density at radius 2 is 1.10 bits per heavy atom. The van der Waals surface area contributed by atoms with Crippen LogP contribution in [0.4, 0.5) is 0 Å². The Bertz CT molecular complexity index is 3190. The first-order chi connectivity index (χ1) is 25.7. The predicted molar refractivity (Wildman–Crippen MR) is 221 cm³/mol. The number of fused-ring (bicyclic) bond motifs is 7. The number of aromatic nitrogens is 2. The van der Waals surface area contributed by atoms with Crippen molar-refractivity contribution in [3.05, 3.63) is 181 Å². The Hall–Kier alpha value is -6.84. The summed E-state index contributed by atoms with van der Waals surface area (Å²) in [6.45, 7) is 2.05. The van der Waals surface area contributed by atoms with Crippen LogP contribution in [-0.2, 0) is 0 Å². The van der Waals surface area contributed by atoms with Gasteiger partial charge >= 0.3 is 0 Å². The molecule has 3 nitrogen and oxygen atoms in total. The summed E-state index contributed by atoms with van der Waals surface area (Å²) in [6, 6.07) is 57.8. The second kappa shape index (κ2) is 10.8. The Balaban J connectivity index is 1.13. The average Bonchev–Trinajstić information content (AvgIpc) is 3.79. The molecule has 244 valence electrons. The number of nitrogens with zero attached hydrogens (tertiary/aromatic N) is 2. The van der Waals surface area contributed by atoms with Crippen molar-refractivity contribution >= 4 is 76.4 Å². The van der Waals surface area contributed by atoms with Crippen LogP contribution in [0.2, 0.25) is 0 Å². The predicted octanol–water partition coefficient (Wildman–Crippen LogP) is 12.6. The van der Waals surface area contributed by atoms with Crippen molar-refractivity contribution in [2.75, 3.05) is 0 Å². The molecule has 0 fully saturated rings. The average molecular weight is 664 g/mol. The van der Waals surface area contributed by atoms with Crippen LogP contribution in [0.15, 0.2) is 170 Å². The monoisotopic (exact) mass is 663 g/mol. The van der Waals surface area contributed by atoms with Crippen LogP contribution in [0.3, 0.4) is 0 Å². The smallest absolute Gasteiger partial charge is 0.0547 e. The van der Waals surface area contributed by atoms with E-state index in [-0.39, 0.29) is 0 Å². The van der Waals surface area contributed by atoms with Crippen LogP contribution in [-0.4, -0.2) is 9.13 Å². The fraction of sp³-hybridized carbons (Fsp3) is 0.0204. The van der Waals surface area contributed by atoms with Gasteiger partial charge in [0.05, 0.1) is 27.8 Å². The maximum atomic E-state index is 6.73. The third-order valence-electron chi connectivity index (χ3n) is 11.1. The molecule has 0 unspecified atom stereocenters. The zero-order valence-corrected chi connectivity index (χ0v) is 28.6. The van der Waals surface area contributed by atoms with Gasteiger partial charge in [0.15, 0.2) is 0 Å². The molecule has 52 heavy (non-hydrogen) atoms. The quantitative estimate of drug-likeness (QED) is 0.200. The summed E-state index contributed by atoms with van der Waals surface area (Å²) in [7, 11) is 0. The van der Waals surface area contributed by atoms with Crippen LogP contribution >= 0.6 is 0 Å². The van der Waals surface area contributed by atoms with Crippen molar-refractivity contribution in [3.63, 3.8) is 0 Å². The van der Waals surface area contributed by atoms with Gasteiger partial charge in [-0.3, -0.25) is 0 Å². The van der Waals surface area contributed by atoms with Gasteiger partial charge in [-0.25, -0.2) is 0 Å². The molecule has 0 atom stereocenters. The molecule has 0 amide bonds. The van der Waals surface area contributed by atoms with Crippen molar-refractivity contribution in [1.29, 1.82) is 0 Å². The molecule has 0 aliphatic heterocycles. The molecule has 0 spiro atoms. The first-order valence-electron chi connectivity index (χ1n) is 17.9. The summed E-state index contributed by atoms with van der Waals surface area (Å²) in [5.41, 5.74) is 20.5. The third-order valence-corrected chi connectivity index (χ3v) is 11.1. The summed E-state index contributed by atoms with van der Waals surface area (Å²) >= 11 is 0. The van der Waals surface area contributed by atoms with Crippen molar-refractivity contribution in [3.8, 4) is 22.5 Å². The van der Waals surface area contributed by atoms with E-state index >= 15 is 0 Å². The van der Waals surface area contributed by atoms with Crippen molar-refractivity contribution in [1.82, 2.24) is 9.13 Å². The molecule has 1 aliphatic carbocycles. The van der Waals surface area contributed by atoms with E-state index in [4.69, 9.17) is 5.73 Å². The molecule has 2 aromatic heterocycles. The Labute approximate surface area is 300 Å². The summed E-state index contributed by atoms with van der Waals surface area (Å²) in [4.78, 5) is 0. The van der Waals surface area contributed by atoms with Crippen molar-refractivity contribution in [2.24, 2.45) is 5.73 Å². The highest BCUT2D eigenvalue weighted by atomic mass is 15.0. The minimum atomic E-state index is 0.847.